The standard InChI is InChI=1S/C18H22ClN3O/c1-3-4-8-16(23-18-10-5-9-17(19)21-18)14-22(2)13-15-7-6-11-20-12-15/h3,5-7,9-12,16H,1,4,8,13-14H2,2H3/t16-/m0/s1. The van der Waals surface area contributed by atoms with Gasteiger partial charge in [-0.3, -0.25) is 9.88 Å². The molecule has 0 radical (unpaired) electrons. The Kier molecular flexibility index (Phi) is 7.04. The molecule has 0 bridgehead atoms. The zero-order valence-corrected chi connectivity index (χ0v) is 14.1. The van der Waals surface area contributed by atoms with Crippen molar-refractivity contribution >= 4 is 11.6 Å². The summed E-state index contributed by atoms with van der Waals surface area (Å²) < 4.78 is 6.01. The van der Waals surface area contributed by atoms with Gasteiger partial charge in [0, 0.05) is 31.5 Å². The van der Waals surface area contributed by atoms with Crippen LogP contribution in [-0.4, -0.2) is 34.6 Å². The van der Waals surface area contributed by atoms with Crippen molar-refractivity contribution in [3.63, 3.8) is 0 Å². The largest absolute Gasteiger partial charge is 0.473 e. The smallest absolute Gasteiger partial charge is 0.214 e. The van der Waals surface area contributed by atoms with Crippen molar-refractivity contribution in [2.24, 2.45) is 0 Å². The predicted octanol–water partition coefficient (Wildman–Crippen LogP) is 3.98. The molecule has 0 unspecified atom stereocenters. The van der Waals surface area contributed by atoms with Crippen LogP contribution in [0.15, 0.2) is 55.4 Å². The fourth-order valence-corrected chi connectivity index (χ4v) is 2.49. The Morgan fingerprint density at radius 3 is 2.91 bits per heavy atom. The Hall–Kier alpha value is -1.91. The van der Waals surface area contributed by atoms with Crippen LogP contribution in [0.4, 0.5) is 0 Å². The highest BCUT2D eigenvalue weighted by molar-refractivity contribution is 6.29. The zero-order valence-electron chi connectivity index (χ0n) is 13.4. The van der Waals surface area contributed by atoms with E-state index in [0.717, 1.165) is 25.9 Å². The van der Waals surface area contributed by atoms with Crippen LogP contribution in [0.1, 0.15) is 18.4 Å². The van der Waals surface area contributed by atoms with E-state index in [-0.39, 0.29) is 6.10 Å². The number of pyridine rings is 2. The molecule has 0 amide bonds. The van der Waals surface area contributed by atoms with E-state index in [1.807, 2.05) is 30.5 Å². The first-order valence-electron chi connectivity index (χ1n) is 7.65. The predicted molar refractivity (Wildman–Crippen MR) is 93.7 cm³/mol. The minimum atomic E-state index is 0.0284. The topological polar surface area (TPSA) is 38.2 Å². The fraction of sp³-hybridized carbons (Fsp3) is 0.333. The molecule has 0 aromatic carbocycles. The quantitative estimate of drug-likeness (QED) is 0.514. The zero-order chi connectivity index (χ0) is 16.5. The lowest BCUT2D eigenvalue weighted by molar-refractivity contribution is 0.132. The molecule has 0 spiro atoms. The second-order valence-electron chi connectivity index (χ2n) is 5.46. The van der Waals surface area contributed by atoms with Gasteiger partial charge in [0.2, 0.25) is 5.88 Å². The molecule has 2 heterocycles. The van der Waals surface area contributed by atoms with Crippen LogP contribution in [-0.2, 0) is 6.54 Å². The summed E-state index contributed by atoms with van der Waals surface area (Å²) >= 11 is 5.92. The maximum Gasteiger partial charge on any atom is 0.214 e. The molecule has 4 nitrogen and oxygen atoms in total. The number of likely N-dealkylation sites (N-methyl/N-ethyl adjacent to an activating group) is 1. The maximum atomic E-state index is 6.01. The Morgan fingerprint density at radius 2 is 2.22 bits per heavy atom. The van der Waals surface area contributed by atoms with E-state index < -0.39 is 0 Å². The summed E-state index contributed by atoms with van der Waals surface area (Å²) in [4.78, 5) is 10.6. The van der Waals surface area contributed by atoms with E-state index in [2.05, 4.69) is 34.6 Å². The third kappa shape index (κ3) is 6.38. The molecular formula is C18H22ClN3O. The molecular weight excluding hydrogens is 310 g/mol. The van der Waals surface area contributed by atoms with Gasteiger partial charge in [-0.15, -0.1) is 6.58 Å². The highest BCUT2D eigenvalue weighted by Crippen LogP contribution is 2.16. The van der Waals surface area contributed by atoms with Crippen molar-refractivity contribution in [2.75, 3.05) is 13.6 Å². The van der Waals surface area contributed by atoms with E-state index in [4.69, 9.17) is 16.3 Å². The molecule has 0 saturated carbocycles. The minimum absolute atomic E-state index is 0.0284. The number of nitrogens with zero attached hydrogens (tertiary/aromatic N) is 3. The number of hydrogen-bond acceptors (Lipinski definition) is 4. The molecule has 1 atom stereocenters. The lowest BCUT2D eigenvalue weighted by Gasteiger charge is -2.24. The van der Waals surface area contributed by atoms with Gasteiger partial charge < -0.3 is 4.74 Å². The van der Waals surface area contributed by atoms with Gasteiger partial charge in [-0.05, 0) is 37.6 Å². The number of halogens is 1. The van der Waals surface area contributed by atoms with Gasteiger partial charge >= 0.3 is 0 Å². The highest BCUT2D eigenvalue weighted by Gasteiger charge is 2.14. The summed E-state index contributed by atoms with van der Waals surface area (Å²) in [7, 11) is 2.07. The average Bonchev–Trinajstić information content (AvgIpc) is 2.53. The molecule has 0 aliphatic heterocycles. The number of ether oxygens (including phenoxy) is 1. The van der Waals surface area contributed by atoms with Gasteiger partial charge in [0.15, 0.2) is 0 Å². The lowest BCUT2D eigenvalue weighted by atomic mass is 10.1. The Balaban J connectivity index is 1.95. The number of hydrogen-bond donors (Lipinski definition) is 0. The van der Waals surface area contributed by atoms with Crippen LogP contribution in [0, 0.1) is 0 Å². The first-order valence-corrected chi connectivity index (χ1v) is 8.02. The van der Waals surface area contributed by atoms with Crippen LogP contribution in [0.5, 0.6) is 5.88 Å². The average molecular weight is 332 g/mol. The van der Waals surface area contributed by atoms with Crippen molar-refractivity contribution in [3.8, 4) is 5.88 Å². The van der Waals surface area contributed by atoms with Gasteiger partial charge in [0.05, 0.1) is 0 Å². The van der Waals surface area contributed by atoms with E-state index in [1.165, 1.54) is 5.56 Å². The molecule has 0 N–H and O–H groups in total. The van der Waals surface area contributed by atoms with Crippen LogP contribution in [0.2, 0.25) is 5.15 Å². The number of aromatic nitrogens is 2. The fourth-order valence-electron chi connectivity index (χ4n) is 2.33. The van der Waals surface area contributed by atoms with E-state index in [0.29, 0.717) is 11.0 Å². The van der Waals surface area contributed by atoms with Crippen molar-refractivity contribution in [2.45, 2.75) is 25.5 Å². The lowest BCUT2D eigenvalue weighted by Crippen LogP contribution is -2.33. The molecule has 2 aromatic rings. The summed E-state index contributed by atoms with van der Waals surface area (Å²) in [5, 5.41) is 0.439. The highest BCUT2D eigenvalue weighted by atomic mass is 35.5. The normalized spacial score (nSPS) is 12.1. The molecule has 5 heteroatoms. The summed E-state index contributed by atoms with van der Waals surface area (Å²) in [6, 6.07) is 9.43. The van der Waals surface area contributed by atoms with Gasteiger partial charge in [-0.1, -0.05) is 29.8 Å². The van der Waals surface area contributed by atoms with Gasteiger partial charge in [0.25, 0.3) is 0 Å². The SMILES string of the molecule is C=CCC[C@@H](CN(C)Cc1cccnc1)Oc1cccc(Cl)n1. The molecule has 2 aromatic heterocycles. The van der Waals surface area contributed by atoms with E-state index in [9.17, 15) is 0 Å². The number of allylic oxidation sites excluding steroid dienone is 1. The van der Waals surface area contributed by atoms with Crippen LogP contribution in [0.25, 0.3) is 0 Å². The second kappa shape index (κ2) is 9.28. The second-order valence-corrected chi connectivity index (χ2v) is 5.85. The summed E-state index contributed by atoms with van der Waals surface area (Å²) in [5.41, 5.74) is 1.18. The molecule has 2 rings (SSSR count). The van der Waals surface area contributed by atoms with Crippen molar-refractivity contribution in [1.29, 1.82) is 0 Å². The Bertz CT molecular complexity index is 606. The molecule has 122 valence electrons. The van der Waals surface area contributed by atoms with E-state index in [1.54, 1.807) is 12.3 Å². The van der Waals surface area contributed by atoms with E-state index >= 15 is 0 Å². The molecule has 0 fully saturated rings. The summed E-state index contributed by atoms with van der Waals surface area (Å²) in [6.07, 6.45) is 7.38. The Morgan fingerprint density at radius 1 is 1.35 bits per heavy atom. The molecule has 0 aliphatic rings. The summed E-state index contributed by atoms with van der Waals surface area (Å²) in [5.74, 6) is 0.557. The van der Waals surface area contributed by atoms with Gasteiger partial charge in [-0.25, -0.2) is 4.98 Å². The maximum absolute atomic E-state index is 6.01. The first-order chi connectivity index (χ1) is 11.2. The van der Waals surface area contributed by atoms with Crippen LogP contribution >= 0.6 is 11.6 Å². The molecule has 0 saturated heterocycles. The van der Waals surface area contributed by atoms with Crippen molar-refractivity contribution < 1.29 is 4.74 Å². The number of rotatable bonds is 9. The van der Waals surface area contributed by atoms with Crippen molar-refractivity contribution in [3.05, 3.63) is 66.1 Å². The third-order valence-corrected chi connectivity index (χ3v) is 3.57. The van der Waals surface area contributed by atoms with Crippen molar-refractivity contribution in [1.82, 2.24) is 14.9 Å². The van der Waals surface area contributed by atoms with Crippen LogP contribution in [0.3, 0.4) is 0 Å². The Labute approximate surface area is 142 Å². The monoisotopic (exact) mass is 331 g/mol. The third-order valence-electron chi connectivity index (χ3n) is 3.36. The van der Waals surface area contributed by atoms with Gasteiger partial charge in [-0.2, -0.15) is 0 Å². The first kappa shape index (κ1) is 17.4. The molecule has 23 heavy (non-hydrogen) atoms. The van der Waals surface area contributed by atoms with Gasteiger partial charge in [0.1, 0.15) is 11.3 Å². The summed E-state index contributed by atoms with van der Waals surface area (Å²) in [6.45, 7) is 5.40. The van der Waals surface area contributed by atoms with Crippen LogP contribution < -0.4 is 4.74 Å². The molecule has 0 aliphatic carbocycles. The minimum Gasteiger partial charge on any atom is -0.473 e.